The number of hydrogen-bond donors (Lipinski definition) is 0. The van der Waals surface area contributed by atoms with Gasteiger partial charge in [-0.1, -0.05) is 95.8 Å². The summed E-state index contributed by atoms with van der Waals surface area (Å²) in [6.07, 6.45) is 1.25. The fourth-order valence-electron chi connectivity index (χ4n) is 1.47. The molecule has 0 saturated heterocycles. The van der Waals surface area contributed by atoms with Gasteiger partial charge in [-0.15, -0.1) is 0 Å². The quantitative estimate of drug-likeness (QED) is 0.415. The smallest absolute Gasteiger partial charge is 0.0262 e. The van der Waals surface area contributed by atoms with Crippen molar-refractivity contribution in [2.24, 2.45) is 0 Å². The van der Waals surface area contributed by atoms with Crippen LogP contribution in [0.3, 0.4) is 0 Å². The van der Waals surface area contributed by atoms with Crippen molar-refractivity contribution in [3.8, 4) is 0 Å². The molecule has 116 valence electrons. The van der Waals surface area contributed by atoms with Crippen molar-refractivity contribution in [1.29, 1.82) is 0 Å². The first-order chi connectivity index (χ1) is 10.3. The van der Waals surface area contributed by atoms with Gasteiger partial charge in [0.1, 0.15) is 0 Å². The van der Waals surface area contributed by atoms with Crippen molar-refractivity contribution in [2.75, 3.05) is 0 Å². The number of benzene rings is 2. The van der Waals surface area contributed by atoms with Crippen molar-refractivity contribution < 1.29 is 0 Å². The summed E-state index contributed by atoms with van der Waals surface area (Å²) in [5.74, 6) is 0. The molecule has 0 bridgehead atoms. The van der Waals surface area contributed by atoms with Crippen LogP contribution in [-0.4, -0.2) is 0 Å². The van der Waals surface area contributed by atoms with Gasteiger partial charge in [0.15, 0.2) is 0 Å². The van der Waals surface area contributed by atoms with Gasteiger partial charge in [0.25, 0.3) is 0 Å². The predicted octanol–water partition coefficient (Wildman–Crippen LogP) is 7.77. The SMILES string of the molecule is CC.CC.CCC.c1ccc2c(c1)Sc1ccccc1S2. The molecular formula is C19H28S2. The minimum Gasteiger partial charge on any atom is -0.0877 e. The molecule has 0 spiro atoms. The minimum atomic E-state index is 1.25. The van der Waals surface area contributed by atoms with Crippen LogP contribution in [0.4, 0.5) is 0 Å². The molecule has 3 rings (SSSR count). The van der Waals surface area contributed by atoms with E-state index in [0.29, 0.717) is 0 Å². The molecule has 1 heterocycles. The van der Waals surface area contributed by atoms with E-state index in [0.717, 1.165) is 0 Å². The third kappa shape index (κ3) is 6.62. The molecule has 0 saturated carbocycles. The maximum absolute atomic E-state index is 2.18. The van der Waals surface area contributed by atoms with Crippen LogP contribution in [0.25, 0.3) is 0 Å². The van der Waals surface area contributed by atoms with Crippen LogP contribution < -0.4 is 0 Å². The van der Waals surface area contributed by atoms with E-state index >= 15 is 0 Å². The van der Waals surface area contributed by atoms with Crippen molar-refractivity contribution in [2.45, 2.75) is 67.5 Å². The molecule has 0 aliphatic carbocycles. The largest absolute Gasteiger partial charge is 0.0877 e. The van der Waals surface area contributed by atoms with E-state index in [1.165, 1.54) is 26.0 Å². The Balaban J connectivity index is 0.000000500. The highest BCUT2D eigenvalue weighted by Crippen LogP contribution is 2.47. The molecule has 0 N–H and O–H groups in total. The molecule has 0 nitrogen and oxygen atoms in total. The summed E-state index contributed by atoms with van der Waals surface area (Å²) >= 11 is 3.72. The second-order valence-corrected chi connectivity index (χ2v) is 5.97. The van der Waals surface area contributed by atoms with Crippen LogP contribution >= 0.6 is 23.5 Å². The van der Waals surface area contributed by atoms with Crippen molar-refractivity contribution >= 4 is 23.5 Å². The van der Waals surface area contributed by atoms with Gasteiger partial charge in [-0.3, -0.25) is 0 Å². The van der Waals surface area contributed by atoms with Crippen LogP contribution in [0.2, 0.25) is 0 Å². The number of fused-ring (bicyclic) bond motifs is 2. The predicted molar refractivity (Wildman–Crippen MR) is 99.8 cm³/mol. The van der Waals surface area contributed by atoms with Crippen LogP contribution in [0.15, 0.2) is 68.1 Å². The second-order valence-electron chi connectivity index (χ2n) is 3.80. The molecule has 0 atom stereocenters. The van der Waals surface area contributed by atoms with Gasteiger partial charge in [0, 0.05) is 19.6 Å². The van der Waals surface area contributed by atoms with E-state index in [9.17, 15) is 0 Å². The summed E-state index contributed by atoms with van der Waals surface area (Å²) < 4.78 is 0. The zero-order valence-corrected chi connectivity index (χ0v) is 15.8. The Morgan fingerprint density at radius 1 is 0.571 bits per heavy atom. The standard InChI is InChI=1S/C12H8S2.C3H8.2C2H6/c1-2-6-10-9(5-1)13-11-7-3-4-8-12(11)14-10;1-3-2;2*1-2/h1-8H;3H2,1-2H3;2*1-2H3. The first-order valence-corrected chi connectivity index (χ1v) is 9.52. The van der Waals surface area contributed by atoms with Crippen LogP contribution in [-0.2, 0) is 0 Å². The lowest BCUT2D eigenvalue weighted by Crippen LogP contribution is -1.87. The first kappa shape index (κ1) is 20.1. The third-order valence-electron chi connectivity index (χ3n) is 2.14. The zero-order valence-electron chi connectivity index (χ0n) is 14.1. The molecule has 0 amide bonds. The van der Waals surface area contributed by atoms with Crippen molar-refractivity contribution in [3.05, 3.63) is 48.5 Å². The zero-order chi connectivity index (χ0) is 16.1. The number of hydrogen-bond acceptors (Lipinski definition) is 2. The van der Waals surface area contributed by atoms with Crippen LogP contribution in [0.1, 0.15) is 48.0 Å². The van der Waals surface area contributed by atoms with Gasteiger partial charge in [-0.2, -0.15) is 0 Å². The van der Waals surface area contributed by atoms with E-state index in [1.807, 2.05) is 51.2 Å². The van der Waals surface area contributed by atoms with E-state index in [-0.39, 0.29) is 0 Å². The lowest BCUT2D eigenvalue weighted by Gasteiger charge is -2.17. The normalized spacial score (nSPS) is 10.2. The molecule has 21 heavy (non-hydrogen) atoms. The topological polar surface area (TPSA) is 0 Å². The van der Waals surface area contributed by atoms with E-state index in [2.05, 4.69) is 62.4 Å². The Bertz CT molecular complexity index is 405. The van der Waals surface area contributed by atoms with Gasteiger partial charge in [0.05, 0.1) is 0 Å². The Kier molecular flexibility index (Phi) is 12.3. The Morgan fingerprint density at radius 3 is 0.952 bits per heavy atom. The highest BCUT2D eigenvalue weighted by Gasteiger charge is 2.14. The average molecular weight is 321 g/mol. The summed E-state index contributed by atoms with van der Waals surface area (Å²) in [5, 5.41) is 0. The van der Waals surface area contributed by atoms with Crippen LogP contribution in [0.5, 0.6) is 0 Å². The van der Waals surface area contributed by atoms with Gasteiger partial charge in [-0.25, -0.2) is 0 Å². The third-order valence-corrected chi connectivity index (χ3v) is 4.70. The van der Waals surface area contributed by atoms with Gasteiger partial charge < -0.3 is 0 Å². The lowest BCUT2D eigenvalue weighted by atomic mass is 10.3. The maximum atomic E-state index is 2.18. The van der Waals surface area contributed by atoms with Crippen molar-refractivity contribution in [1.82, 2.24) is 0 Å². The maximum Gasteiger partial charge on any atom is 0.0262 e. The van der Waals surface area contributed by atoms with E-state index in [1.54, 1.807) is 0 Å². The Labute approximate surface area is 139 Å². The second kappa shape index (κ2) is 12.8. The molecule has 0 aromatic heterocycles. The van der Waals surface area contributed by atoms with E-state index < -0.39 is 0 Å². The summed E-state index contributed by atoms with van der Waals surface area (Å²) in [6.45, 7) is 12.2. The van der Waals surface area contributed by atoms with E-state index in [4.69, 9.17) is 0 Å². The highest BCUT2D eigenvalue weighted by atomic mass is 32.2. The van der Waals surface area contributed by atoms with Gasteiger partial charge in [0.2, 0.25) is 0 Å². The van der Waals surface area contributed by atoms with Gasteiger partial charge in [-0.05, 0) is 24.3 Å². The summed E-state index contributed by atoms with van der Waals surface area (Å²) in [7, 11) is 0. The minimum absolute atomic E-state index is 1.25. The Hall–Kier alpha value is -0.860. The highest BCUT2D eigenvalue weighted by molar-refractivity contribution is 8.05. The molecule has 1 aliphatic heterocycles. The summed E-state index contributed by atoms with van der Waals surface area (Å²) in [4.78, 5) is 5.49. The molecule has 0 fully saturated rings. The Morgan fingerprint density at radius 2 is 0.762 bits per heavy atom. The molecule has 2 aromatic rings. The fourth-order valence-corrected chi connectivity index (χ4v) is 3.71. The van der Waals surface area contributed by atoms with Crippen LogP contribution in [0, 0.1) is 0 Å². The van der Waals surface area contributed by atoms with Gasteiger partial charge >= 0.3 is 0 Å². The lowest BCUT2D eigenvalue weighted by molar-refractivity contribution is 1.09. The molecule has 0 unspecified atom stereocenters. The first-order valence-electron chi connectivity index (χ1n) is 7.89. The summed E-state index contributed by atoms with van der Waals surface area (Å²) in [6, 6.07) is 17.1. The summed E-state index contributed by atoms with van der Waals surface area (Å²) in [5.41, 5.74) is 0. The number of rotatable bonds is 0. The van der Waals surface area contributed by atoms with Crippen molar-refractivity contribution in [3.63, 3.8) is 0 Å². The molecular weight excluding hydrogens is 292 g/mol. The fraction of sp³-hybridized carbons (Fsp3) is 0.368. The molecule has 1 aliphatic rings. The molecule has 0 radical (unpaired) electrons. The molecule has 2 aromatic carbocycles. The monoisotopic (exact) mass is 320 g/mol. The average Bonchev–Trinajstić information content (AvgIpc) is 2.57. The molecule has 2 heteroatoms.